The molecule has 7 rings (SSSR count). The third kappa shape index (κ3) is 17.5. The Morgan fingerprint density at radius 1 is 0.778 bits per heavy atom. The van der Waals surface area contributed by atoms with E-state index in [1.807, 2.05) is 30.3 Å². The molecule has 432 valence electrons. The summed E-state index contributed by atoms with van der Waals surface area (Å²) >= 11 is 0. The number of urea groups is 1. The van der Waals surface area contributed by atoms with Gasteiger partial charge in [-0.25, -0.2) is 9.59 Å². The Kier molecular flexibility index (Phi) is 21.6. The van der Waals surface area contributed by atoms with Crippen molar-refractivity contribution in [2.75, 3.05) is 69.6 Å². The van der Waals surface area contributed by atoms with Crippen LogP contribution in [-0.4, -0.2) is 157 Å². The van der Waals surface area contributed by atoms with E-state index in [0.717, 1.165) is 38.3 Å². The number of nitrogens with zero attached hydrogens (tertiary/aromatic N) is 3. The lowest BCUT2D eigenvalue weighted by Gasteiger charge is -2.34. The van der Waals surface area contributed by atoms with Gasteiger partial charge in [0.1, 0.15) is 31.3 Å². The van der Waals surface area contributed by atoms with Crippen LogP contribution >= 0.6 is 0 Å². The number of esters is 1. The number of anilines is 2. The van der Waals surface area contributed by atoms with E-state index >= 15 is 0 Å². The van der Waals surface area contributed by atoms with Crippen molar-refractivity contribution in [1.29, 1.82) is 0 Å². The van der Waals surface area contributed by atoms with Gasteiger partial charge in [0.15, 0.2) is 11.6 Å². The summed E-state index contributed by atoms with van der Waals surface area (Å²) in [6.07, 6.45) is 1.53. The lowest BCUT2D eigenvalue weighted by atomic mass is 9.80. The molecule has 2 saturated heterocycles. The number of primary amides is 1. The van der Waals surface area contributed by atoms with E-state index in [-0.39, 0.29) is 87.9 Å². The highest BCUT2D eigenvalue weighted by Crippen LogP contribution is 2.33. The number of fused-ring (bicyclic) bond motifs is 1. The third-order valence-corrected chi connectivity index (χ3v) is 14.5. The van der Waals surface area contributed by atoms with E-state index in [9.17, 15) is 52.7 Å². The molecule has 0 bridgehead atoms. The summed E-state index contributed by atoms with van der Waals surface area (Å²) in [5.74, 6) is -4.54. The number of hydrogen-bond acceptors (Lipinski definition) is 16. The van der Waals surface area contributed by atoms with Crippen LogP contribution in [0.5, 0.6) is 0 Å². The van der Waals surface area contributed by atoms with Gasteiger partial charge in [0.25, 0.3) is 5.91 Å². The third-order valence-electron chi connectivity index (χ3n) is 14.5. The predicted octanol–water partition coefficient (Wildman–Crippen LogP) is 2.34. The standard InChI is InChI=1S/C57H71N11O13/c1-35(2)51(64-48(71)19-20-50(73)80-29-28-67-26-24-66(25-27-67)23-22-59-32-41-46(69)30-38(31-47(41)70)37-8-4-3-5-9-37)54(76)62-44(12-7-21-60-56(58)78)52(74)61-39-15-13-36(14-16-39)34-81-57(79)63-43-11-6-10-40-42(43)33-68(55(40)77)45-17-18-49(72)65-53(45)75/h3-6,8-11,13-16,32,35,38,44-45,51,59H,7,12,17-31,33-34H2,1-2H3,(H,61,74)(H,62,76)(H,63,79)(H,64,71)(H3,58,60,78)(H,65,72,75)/t38?,44-,45?,51-/m0/s1. The van der Waals surface area contributed by atoms with Gasteiger partial charge >= 0.3 is 18.1 Å². The van der Waals surface area contributed by atoms with Crippen LogP contribution in [0.15, 0.2) is 84.6 Å². The summed E-state index contributed by atoms with van der Waals surface area (Å²) in [6.45, 7) is 8.44. The van der Waals surface area contributed by atoms with Crippen molar-refractivity contribution >= 4 is 76.5 Å². The van der Waals surface area contributed by atoms with Crippen LogP contribution in [0.25, 0.3) is 0 Å². The SMILES string of the molecule is CC(C)[C@H](NC(=O)CCC(=O)OCCN1CCN(CCNC=C2C(=O)CC(c3ccccc3)CC2=O)CC1)C(=O)N[C@@H](CCCNC(N)=O)C(=O)Nc1ccc(COC(=O)Nc2cccc3c2CN(C2CCC(=O)NC2=O)C3=O)cc1. The highest BCUT2D eigenvalue weighted by Gasteiger charge is 2.40. The normalized spacial score (nSPS) is 18.2. The molecule has 1 saturated carbocycles. The number of Topliss-reactive ketones (excluding diaryl/α,β-unsaturated/α-hetero) is 2. The topological polar surface area (TPSA) is 326 Å². The minimum absolute atomic E-state index is 0.0494. The number of benzene rings is 3. The molecule has 81 heavy (non-hydrogen) atoms. The zero-order chi connectivity index (χ0) is 58.0. The molecule has 3 aromatic rings. The predicted molar refractivity (Wildman–Crippen MR) is 294 cm³/mol. The van der Waals surface area contributed by atoms with E-state index < -0.39 is 77.6 Å². The van der Waals surface area contributed by atoms with Crippen LogP contribution in [0.1, 0.15) is 98.2 Å². The zero-order valence-electron chi connectivity index (χ0n) is 45.6. The number of hydrogen-bond donors (Lipinski definition) is 8. The highest BCUT2D eigenvalue weighted by atomic mass is 16.5. The molecule has 0 radical (unpaired) electrons. The Balaban J connectivity index is 0.796. The number of nitrogens with two attached hydrogens (primary N) is 1. The van der Waals surface area contributed by atoms with Crippen molar-refractivity contribution in [1.82, 2.24) is 41.3 Å². The second-order valence-corrected chi connectivity index (χ2v) is 20.7. The largest absolute Gasteiger partial charge is 0.464 e. The minimum Gasteiger partial charge on any atom is -0.464 e. The first-order valence-electron chi connectivity index (χ1n) is 27.3. The van der Waals surface area contributed by atoms with Gasteiger partial charge in [0.05, 0.1) is 12.0 Å². The highest BCUT2D eigenvalue weighted by molar-refractivity contribution is 6.22. The number of amides is 9. The molecule has 4 aliphatic rings. The Morgan fingerprint density at radius 2 is 1.48 bits per heavy atom. The number of imide groups is 1. The minimum atomic E-state index is -1.12. The number of allylic oxidation sites excluding steroid dienone is 1. The van der Waals surface area contributed by atoms with Crippen LogP contribution < -0.4 is 43.0 Å². The molecule has 3 aromatic carbocycles. The maximum atomic E-state index is 13.7. The molecule has 9 amide bonds. The van der Waals surface area contributed by atoms with Gasteiger partial charge in [-0.3, -0.25) is 63.6 Å². The van der Waals surface area contributed by atoms with Gasteiger partial charge in [-0.2, -0.15) is 0 Å². The second kappa shape index (κ2) is 29.1. The molecule has 9 N–H and O–H groups in total. The van der Waals surface area contributed by atoms with Crippen molar-refractivity contribution < 1.29 is 62.2 Å². The summed E-state index contributed by atoms with van der Waals surface area (Å²) in [4.78, 5) is 146. The van der Waals surface area contributed by atoms with Crippen LogP contribution in [-0.2, 0) is 61.0 Å². The Hall–Kier alpha value is -8.51. The summed E-state index contributed by atoms with van der Waals surface area (Å²) in [7, 11) is 0. The molecule has 3 atom stereocenters. The molecule has 24 nitrogen and oxygen atoms in total. The maximum absolute atomic E-state index is 13.7. The van der Waals surface area contributed by atoms with Gasteiger partial charge in [-0.15, -0.1) is 0 Å². The van der Waals surface area contributed by atoms with Crippen molar-refractivity contribution in [3.63, 3.8) is 0 Å². The molecule has 0 spiro atoms. The number of ether oxygens (including phenoxy) is 2. The van der Waals surface area contributed by atoms with Crippen molar-refractivity contribution in [3.8, 4) is 0 Å². The number of piperidine rings is 1. The first kappa shape index (κ1) is 60.1. The number of carbonyl (C=O) groups excluding carboxylic acids is 11. The number of carbonyl (C=O) groups is 11. The first-order valence-corrected chi connectivity index (χ1v) is 27.3. The number of nitrogens with one attached hydrogen (secondary N) is 7. The molecule has 24 heteroatoms. The fourth-order valence-electron chi connectivity index (χ4n) is 9.97. The number of piperazine rings is 1. The molecule has 3 heterocycles. The van der Waals surface area contributed by atoms with Gasteiger partial charge < -0.3 is 46.7 Å². The van der Waals surface area contributed by atoms with Gasteiger partial charge in [-0.05, 0) is 66.5 Å². The lowest BCUT2D eigenvalue weighted by Crippen LogP contribution is -2.54. The molecule has 1 unspecified atom stereocenters. The summed E-state index contributed by atoms with van der Waals surface area (Å²) in [5.41, 5.74) is 8.49. The number of rotatable bonds is 25. The average Bonchev–Trinajstić information content (AvgIpc) is 3.78. The second-order valence-electron chi connectivity index (χ2n) is 20.7. The van der Waals surface area contributed by atoms with Crippen molar-refractivity contribution in [2.45, 2.75) is 102 Å². The van der Waals surface area contributed by atoms with Gasteiger partial charge in [0.2, 0.25) is 29.5 Å². The molecular formula is C57H71N11O13. The van der Waals surface area contributed by atoms with E-state index in [2.05, 4.69) is 47.0 Å². The van der Waals surface area contributed by atoms with Crippen molar-refractivity contribution in [2.24, 2.45) is 11.7 Å². The smallest absolute Gasteiger partial charge is 0.411 e. The van der Waals surface area contributed by atoms with Gasteiger partial charge in [-0.1, -0.05) is 62.4 Å². The van der Waals surface area contributed by atoms with Crippen molar-refractivity contribution in [3.05, 3.63) is 107 Å². The maximum Gasteiger partial charge on any atom is 0.411 e. The molecule has 1 aliphatic carbocycles. The summed E-state index contributed by atoms with van der Waals surface area (Å²) < 4.78 is 10.9. The molecular weight excluding hydrogens is 1050 g/mol. The van der Waals surface area contributed by atoms with E-state index in [1.165, 1.54) is 4.90 Å². The van der Waals surface area contributed by atoms with E-state index in [0.29, 0.717) is 54.0 Å². The Bertz CT molecular complexity index is 2830. The van der Waals surface area contributed by atoms with E-state index in [4.69, 9.17) is 15.2 Å². The average molecular weight is 1120 g/mol. The van der Waals surface area contributed by atoms with Crippen LogP contribution in [0.4, 0.5) is 21.0 Å². The van der Waals surface area contributed by atoms with Gasteiger partial charge in [0, 0.05) is 113 Å². The van der Waals surface area contributed by atoms with Crippen LogP contribution in [0.3, 0.4) is 0 Å². The zero-order valence-corrected chi connectivity index (χ0v) is 45.6. The molecule has 0 aromatic heterocycles. The monoisotopic (exact) mass is 1120 g/mol. The Morgan fingerprint density at radius 3 is 2.16 bits per heavy atom. The lowest BCUT2D eigenvalue weighted by molar-refractivity contribution is -0.145. The fourth-order valence-corrected chi connectivity index (χ4v) is 9.97. The number of ketones is 2. The Labute approximate surface area is 469 Å². The molecule has 3 aliphatic heterocycles. The van der Waals surface area contributed by atoms with Crippen LogP contribution in [0, 0.1) is 5.92 Å². The first-order chi connectivity index (χ1) is 38.9. The summed E-state index contributed by atoms with van der Waals surface area (Å²) in [5, 5.41) is 18.7. The van der Waals surface area contributed by atoms with Crippen LogP contribution in [0.2, 0.25) is 0 Å². The van der Waals surface area contributed by atoms with E-state index in [1.54, 1.807) is 62.5 Å². The quantitative estimate of drug-likeness (QED) is 0.0198. The summed E-state index contributed by atoms with van der Waals surface area (Å²) in [6, 6.07) is 17.0. The fraction of sp³-hybridized carbons (Fsp3) is 0.456. The molecule has 3 fully saturated rings.